The highest BCUT2D eigenvalue weighted by Gasteiger charge is 2.11. The second kappa shape index (κ2) is 7.01. The molecule has 100 valence electrons. The van der Waals surface area contributed by atoms with Gasteiger partial charge in [-0.1, -0.05) is 26.0 Å². The van der Waals surface area contributed by atoms with E-state index in [9.17, 15) is 0 Å². The third-order valence-electron chi connectivity index (χ3n) is 3.08. The van der Waals surface area contributed by atoms with Gasteiger partial charge in [0, 0.05) is 19.0 Å². The van der Waals surface area contributed by atoms with Crippen LogP contribution in [0, 0.1) is 11.3 Å². The van der Waals surface area contributed by atoms with Crippen molar-refractivity contribution in [2.24, 2.45) is 11.7 Å². The van der Waals surface area contributed by atoms with Crippen molar-refractivity contribution < 1.29 is 4.74 Å². The van der Waals surface area contributed by atoms with E-state index in [4.69, 9.17) is 15.9 Å². The van der Waals surface area contributed by atoms with Crippen LogP contribution in [-0.2, 0) is 6.54 Å². The number of hydrogen-bond acceptors (Lipinski definition) is 3. The van der Waals surface area contributed by atoms with E-state index in [1.54, 1.807) is 7.11 Å². The van der Waals surface area contributed by atoms with Gasteiger partial charge in [-0.15, -0.1) is 0 Å². The molecule has 3 N–H and O–H groups in total. The lowest BCUT2D eigenvalue weighted by Gasteiger charge is -2.23. The van der Waals surface area contributed by atoms with Crippen LogP contribution in [0.4, 0.5) is 0 Å². The largest absolute Gasteiger partial charge is 0.497 e. The number of ether oxygens (including phenoxy) is 1. The second-order valence-corrected chi connectivity index (χ2v) is 4.53. The fourth-order valence-corrected chi connectivity index (χ4v) is 1.78. The number of hydrogen-bond donors (Lipinski definition) is 2. The zero-order valence-electron chi connectivity index (χ0n) is 11.4. The van der Waals surface area contributed by atoms with Crippen molar-refractivity contribution in [3.8, 4) is 5.75 Å². The summed E-state index contributed by atoms with van der Waals surface area (Å²) in [5, 5.41) is 7.44. The highest BCUT2D eigenvalue weighted by Crippen LogP contribution is 2.13. The first-order valence-corrected chi connectivity index (χ1v) is 6.26. The zero-order chi connectivity index (χ0) is 13.5. The van der Waals surface area contributed by atoms with Crippen LogP contribution in [0.15, 0.2) is 24.3 Å². The molecule has 0 fully saturated rings. The lowest BCUT2D eigenvalue weighted by Crippen LogP contribution is -2.34. The fourth-order valence-electron chi connectivity index (χ4n) is 1.78. The Morgan fingerprint density at radius 3 is 2.44 bits per heavy atom. The maximum Gasteiger partial charge on any atom is 0.118 e. The highest BCUT2D eigenvalue weighted by atomic mass is 16.5. The van der Waals surface area contributed by atoms with Gasteiger partial charge >= 0.3 is 0 Å². The standard InChI is InChI=1S/C14H23N3O/c1-4-17(9-11(2)14(15)16)10-12-5-7-13(18-3)8-6-12/h5-8,11H,4,9-10H2,1-3H3,(H3,15,16). The van der Waals surface area contributed by atoms with Gasteiger partial charge in [0.2, 0.25) is 0 Å². The van der Waals surface area contributed by atoms with Crippen molar-refractivity contribution in [2.45, 2.75) is 20.4 Å². The number of benzene rings is 1. The number of nitrogens with two attached hydrogens (primary N) is 1. The number of nitrogens with zero attached hydrogens (tertiary/aromatic N) is 1. The summed E-state index contributed by atoms with van der Waals surface area (Å²) in [6.45, 7) is 6.75. The summed E-state index contributed by atoms with van der Waals surface area (Å²) in [6, 6.07) is 8.08. The predicted molar refractivity (Wildman–Crippen MR) is 75.0 cm³/mol. The topological polar surface area (TPSA) is 62.3 Å². The van der Waals surface area contributed by atoms with Crippen molar-refractivity contribution >= 4 is 5.84 Å². The van der Waals surface area contributed by atoms with Gasteiger partial charge < -0.3 is 10.5 Å². The molecule has 1 aromatic carbocycles. The Morgan fingerprint density at radius 1 is 1.39 bits per heavy atom. The van der Waals surface area contributed by atoms with Crippen LogP contribution in [0.2, 0.25) is 0 Å². The van der Waals surface area contributed by atoms with E-state index in [2.05, 4.69) is 24.0 Å². The normalized spacial score (nSPS) is 12.4. The van der Waals surface area contributed by atoms with Crippen LogP contribution in [0.3, 0.4) is 0 Å². The molecule has 0 aliphatic heterocycles. The van der Waals surface area contributed by atoms with Crippen LogP contribution >= 0.6 is 0 Å². The third kappa shape index (κ3) is 4.37. The maximum absolute atomic E-state index is 7.44. The van der Waals surface area contributed by atoms with E-state index in [0.29, 0.717) is 0 Å². The predicted octanol–water partition coefficient (Wildman–Crippen LogP) is 2.09. The molecule has 0 saturated heterocycles. The number of methoxy groups -OCH3 is 1. The Morgan fingerprint density at radius 2 is 2.00 bits per heavy atom. The maximum atomic E-state index is 7.44. The van der Waals surface area contributed by atoms with Crippen molar-refractivity contribution in [1.29, 1.82) is 5.41 Å². The molecule has 4 nitrogen and oxygen atoms in total. The van der Waals surface area contributed by atoms with Gasteiger partial charge in [-0.3, -0.25) is 10.3 Å². The third-order valence-corrected chi connectivity index (χ3v) is 3.08. The minimum Gasteiger partial charge on any atom is -0.497 e. The number of amidine groups is 1. The van der Waals surface area contributed by atoms with Crippen molar-refractivity contribution in [3.63, 3.8) is 0 Å². The average molecular weight is 249 g/mol. The van der Waals surface area contributed by atoms with Gasteiger partial charge in [0.05, 0.1) is 12.9 Å². The fraction of sp³-hybridized carbons (Fsp3) is 0.500. The van der Waals surface area contributed by atoms with Crippen LogP contribution in [-0.4, -0.2) is 30.9 Å². The summed E-state index contributed by atoms with van der Waals surface area (Å²) < 4.78 is 5.14. The lowest BCUT2D eigenvalue weighted by atomic mass is 10.1. The first kappa shape index (κ1) is 14.5. The van der Waals surface area contributed by atoms with Gasteiger partial charge in [0.1, 0.15) is 5.75 Å². The van der Waals surface area contributed by atoms with E-state index < -0.39 is 0 Å². The summed E-state index contributed by atoms with van der Waals surface area (Å²) in [5.74, 6) is 1.23. The smallest absolute Gasteiger partial charge is 0.118 e. The molecule has 18 heavy (non-hydrogen) atoms. The molecular weight excluding hydrogens is 226 g/mol. The first-order valence-electron chi connectivity index (χ1n) is 6.26. The Bertz CT molecular complexity index is 375. The monoisotopic (exact) mass is 249 g/mol. The summed E-state index contributed by atoms with van der Waals surface area (Å²) >= 11 is 0. The first-order chi connectivity index (χ1) is 8.56. The van der Waals surface area contributed by atoms with Crippen molar-refractivity contribution in [2.75, 3.05) is 20.2 Å². The molecule has 0 bridgehead atoms. The molecule has 0 amide bonds. The summed E-state index contributed by atoms with van der Waals surface area (Å²) in [6.07, 6.45) is 0. The SMILES string of the molecule is CCN(Cc1ccc(OC)cc1)CC(C)C(=N)N. The second-order valence-electron chi connectivity index (χ2n) is 4.53. The van der Waals surface area contributed by atoms with Crippen LogP contribution < -0.4 is 10.5 Å². The van der Waals surface area contributed by atoms with Crippen molar-refractivity contribution in [3.05, 3.63) is 29.8 Å². The van der Waals surface area contributed by atoms with Gasteiger partial charge in [-0.2, -0.15) is 0 Å². The van der Waals surface area contributed by atoms with E-state index in [1.165, 1.54) is 5.56 Å². The molecule has 0 heterocycles. The molecular formula is C14H23N3O. The van der Waals surface area contributed by atoms with E-state index in [1.807, 2.05) is 19.1 Å². The van der Waals surface area contributed by atoms with Crippen LogP contribution in [0.5, 0.6) is 5.75 Å². The quantitative estimate of drug-likeness (QED) is 0.574. The van der Waals surface area contributed by atoms with E-state index >= 15 is 0 Å². The average Bonchev–Trinajstić information content (AvgIpc) is 2.38. The van der Waals surface area contributed by atoms with Crippen molar-refractivity contribution in [1.82, 2.24) is 4.90 Å². The molecule has 0 aliphatic carbocycles. The molecule has 1 atom stereocenters. The number of nitrogens with one attached hydrogen (secondary N) is 1. The zero-order valence-corrected chi connectivity index (χ0v) is 11.4. The van der Waals surface area contributed by atoms with E-state index in [-0.39, 0.29) is 11.8 Å². The van der Waals surface area contributed by atoms with Crippen LogP contribution in [0.1, 0.15) is 19.4 Å². The van der Waals surface area contributed by atoms with E-state index in [0.717, 1.165) is 25.4 Å². The molecule has 0 spiro atoms. The Balaban J connectivity index is 2.58. The Hall–Kier alpha value is -1.55. The van der Waals surface area contributed by atoms with Gasteiger partial charge in [-0.25, -0.2) is 0 Å². The molecule has 1 unspecified atom stereocenters. The molecule has 0 radical (unpaired) electrons. The Labute approximate surface area is 109 Å². The molecule has 4 heteroatoms. The van der Waals surface area contributed by atoms with Crippen LogP contribution in [0.25, 0.3) is 0 Å². The summed E-state index contributed by atoms with van der Waals surface area (Å²) in [4.78, 5) is 2.29. The lowest BCUT2D eigenvalue weighted by molar-refractivity contribution is 0.263. The molecule has 0 saturated carbocycles. The molecule has 1 rings (SSSR count). The minimum absolute atomic E-state index is 0.100. The molecule has 1 aromatic rings. The number of rotatable bonds is 7. The van der Waals surface area contributed by atoms with Gasteiger partial charge in [0.25, 0.3) is 0 Å². The minimum atomic E-state index is 0.100. The van der Waals surface area contributed by atoms with Gasteiger partial charge in [0.15, 0.2) is 0 Å². The summed E-state index contributed by atoms with van der Waals surface area (Å²) in [5.41, 5.74) is 6.75. The Kier molecular flexibility index (Phi) is 5.65. The van der Waals surface area contributed by atoms with Gasteiger partial charge in [-0.05, 0) is 24.2 Å². The summed E-state index contributed by atoms with van der Waals surface area (Å²) in [7, 11) is 1.67. The molecule has 0 aliphatic rings. The highest BCUT2D eigenvalue weighted by molar-refractivity contribution is 5.79. The molecule has 0 aromatic heterocycles.